The molecule has 2 N–H and O–H groups in total. The first-order chi connectivity index (χ1) is 8.04. The van der Waals surface area contributed by atoms with Gasteiger partial charge in [-0.2, -0.15) is 26.0 Å². The van der Waals surface area contributed by atoms with Crippen molar-refractivity contribution in [3.63, 3.8) is 0 Å². The lowest BCUT2D eigenvalue weighted by molar-refractivity contribution is -0.212. The zero-order valence-corrected chi connectivity index (χ0v) is 9.22. The lowest BCUT2D eigenvalue weighted by Gasteiger charge is -2.12. The van der Waals surface area contributed by atoms with Crippen LogP contribution in [0.5, 0.6) is 0 Å². The van der Waals surface area contributed by atoms with Crippen LogP contribution in [0.25, 0.3) is 0 Å². The number of benzene rings is 1. The molecule has 1 rings (SSSR count). The van der Waals surface area contributed by atoms with Crippen LogP contribution in [0.3, 0.4) is 0 Å². The summed E-state index contributed by atoms with van der Waals surface area (Å²) < 4.78 is 71.7. The summed E-state index contributed by atoms with van der Waals surface area (Å²) in [6, 6.07) is 2.16. The molecule has 100 valence electrons. The fraction of sp³-hybridized carbons (Fsp3) is 0.125. The number of halogens is 4. The fourth-order valence-electron chi connectivity index (χ4n) is 0.890. The van der Waals surface area contributed by atoms with Crippen LogP contribution in [0, 0.1) is 5.82 Å². The Labute approximate surface area is 98.6 Å². The number of rotatable bonds is 2. The van der Waals surface area contributed by atoms with E-state index < -0.39 is 38.5 Å². The number of nitrogens with zero attached hydrogens (tertiary/aromatic N) is 1. The SMILES string of the molecule is Nc1cc(/C([O-])=N/S(=O)(=O)C(F)(F)F)ccc1F. The van der Waals surface area contributed by atoms with Crippen molar-refractivity contribution in [1.82, 2.24) is 0 Å². The Kier molecular flexibility index (Phi) is 3.51. The van der Waals surface area contributed by atoms with Crippen LogP contribution >= 0.6 is 0 Å². The highest BCUT2D eigenvalue weighted by atomic mass is 32.2. The van der Waals surface area contributed by atoms with Crippen molar-refractivity contribution in [2.75, 3.05) is 5.73 Å². The number of hydrogen-bond donors (Lipinski definition) is 1. The first-order valence-corrected chi connectivity index (χ1v) is 5.62. The quantitative estimate of drug-likeness (QED) is 0.367. The maximum atomic E-state index is 12.7. The summed E-state index contributed by atoms with van der Waals surface area (Å²) in [6.45, 7) is 0. The molecule has 0 radical (unpaired) electrons. The summed E-state index contributed by atoms with van der Waals surface area (Å²) >= 11 is 0. The highest BCUT2D eigenvalue weighted by molar-refractivity contribution is 7.91. The lowest BCUT2D eigenvalue weighted by atomic mass is 10.2. The minimum atomic E-state index is -5.93. The minimum Gasteiger partial charge on any atom is -0.858 e. The molecule has 0 aliphatic rings. The molecule has 5 nitrogen and oxygen atoms in total. The van der Waals surface area contributed by atoms with Crippen molar-refractivity contribution in [3.05, 3.63) is 29.6 Å². The number of hydrogen-bond acceptors (Lipinski definition) is 4. The van der Waals surface area contributed by atoms with Gasteiger partial charge in [-0.25, -0.2) is 4.39 Å². The van der Waals surface area contributed by atoms with Gasteiger partial charge in [0, 0.05) is 5.90 Å². The van der Waals surface area contributed by atoms with Gasteiger partial charge in [-0.15, -0.1) is 0 Å². The predicted octanol–water partition coefficient (Wildman–Crippen LogP) is 0.364. The van der Waals surface area contributed by atoms with Gasteiger partial charge in [0.2, 0.25) is 0 Å². The van der Waals surface area contributed by atoms with Gasteiger partial charge in [0.25, 0.3) is 0 Å². The molecule has 0 spiro atoms. The van der Waals surface area contributed by atoms with Gasteiger partial charge in [-0.1, -0.05) is 6.07 Å². The molecule has 0 aliphatic carbocycles. The van der Waals surface area contributed by atoms with E-state index in [2.05, 4.69) is 4.40 Å². The molecule has 0 saturated heterocycles. The highest BCUT2D eigenvalue weighted by Gasteiger charge is 2.45. The van der Waals surface area contributed by atoms with Crippen LogP contribution < -0.4 is 10.8 Å². The molecule has 0 atom stereocenters. The minimum absolute atomic E-state index is 0.513. The van der Waals surface area contributed by atoms with E-state index in [0.717, 1.165) is 6.07 Å². The van der Waals surface area contributed by atoms with Gasteiger partial charge >= 0.3 is 15.5 Å². The van der Waals surface area contributed by atoms with Gasteiger partial charge in [0.15, 0.2) is 0 Å². The molecule has 0 saturated carbocycles. The van der Waals surface area contributed by atoms with E-state index in [4.69, 9.17) is 5.73 Å². The third-order valence-electron chi connectivity index (χ3n) is 1.74. The van der Waals surface area contributed by atoms with Crippen molar-refractivity contribution in [2.45, 2.75) is 5.51 Å². The van der Waals surface area contributed by atoms with Gasteiger partial charge in [-0.3, -0.25) is 0 Å². The summed E-state index contributed by atoms with van der Waals surface area (Å²) in [5.41, 5.74) is -1.69. The normalized spacial score (nSPS) is 13.7. The molecule has 10 heteroatoms. The van der Waals surface area contributed by atoms with E-state index in [1.54, 1.807) is 0 Å². The molecule has 1 aromatic carbocycles. The Hall–Kier alpha value is -1.84. The van der Waals surface area contributed by atoms with Crippen LogP contribution in [-0.4, -0.2) is 19.8 Å². The standard InChI is InChI=1S/C8H6F4N2O3S/c9-5-2-1-4(3-6(5)13)7(15)14-18(16,17)8(10,11)12/h1-3H,13H2,(H,14,15)/p-1. The van der Waals surface area contributed by atoms with E-state index in [1.807, 2.05) is 0 Å². The summed E-state index contributed by atoms with van der Waals surface area (Å²) in [5.74, 6) is -2.58. The van der Waals surface area contributed by atoms with Gasteiger partial charge < -0.3 is 10.8 Å². The first kappa shape index (κ1) is 14.2. The monoisotopic (exact) mass is 285 g/mol. The Balaban J connectivity index is 3.23. The largest absolute Gasteiger partial charge is 0.858 e. The Morgan fingerprint density at radius 1 is 1.33 bits per heavy atom. The van der Waals surface area contributed by atoms with Crippen LogP contribution in [0.2, 0.25) is 0 Å². The Morgan fingerprint density at radius 3 is 2.33 bits per heavy atom. The molecule has 0 aliphatic heterocycles. The van der Waals surface area contributed by atoms with Crippen molar-refractivity contribution < 1.29 is 31.1 Å². The number of sulfonamides is 1. The molecule has 18 heavy (non-hydrogen) atoms. The summed E-state index contributed by atoms with van der Waals surface area (Å²) in [7, 11) is -5.93. The number of nitrogen functional groups attached to an aromatic ring is 1. The number of anilines is 1. The number of nitrogens with two attached hydrogens (primary N) is 1. The van der Waals surface area contributed by atoms with Crippen molar-refractivity contribution >= 4 is 21.6 Å². The second-order valence-corrected chi connectivity index (χ2v) is 4.65. The third-order valence-corrected chi connectivity index (χ3v) is 2.73. The van der Waals surface area contributed by atoms with E-state index in [-0.39, 0.29) is 0 Å². The molecule has 0 amide bonds. The second kappa shape index (κ2) is 4.44. The van der Waals surface area contributed by atoms with Crippen LogP contribution in [-0.2, 0) is 10.0 Å². The average molecular weight is 285 g/mol. The molecule has 0 heterocycles. The highest BCUT2D eigenvalue weighted by Crippen LogP contribution is 2.25. The van der Waals surface area contributed by atoms with Gasteiger partial charge in [-0.05, 0) is 17.7 Å². The molecule has 0 bridgehead atoms. The van der Waals surface area contributed by atoms with Crippen LogP contribution in [0.15, 0.2) is 22.6 Å². The van der Waals surface area contributed by atoms with Crippen molar-refractivity contribution in [2.24, 2.45) is 4.40 Å². The van der Waals surface area contributed by atoms with Crippen molar-refractivity contribution in [1.29, 1.82) is 0 Å². The maximum absolute atomic E-state index is 12.7. The Bertz CT molecular complexity index is 595. The summed E-state index contributed by atoms with van der Waals surface area (Å²) in [5, 5.41) is 11.1. The zero-order valence-electron chi connectivity index (χ0n) is 8.40. The topological polar surface area (TPSA) is 95.6 Å². The molecule has 0 unspecified atom stereocenters. The van der Waals surface area contributed by atoms with Gasteiger partial charge in [0.05, 0.1) is 5.69 Å². The van der Waals surface area contributed by atoms with E-state index in [9.17, 15) is 31.1 Å². The molecule has 0 aromatic heterocycles. The second-order valence-electron chi connectivity index (χ2n) is 3.05. The summed E-state index contributed by atoms with van der Waals surface area (Å²) in [4.78, 5) is 0. The molecule has 1 aromatic rings. The van der Waals surface area contributed by atoms with Crippen LogP contribution in [0.1, 0.15) is 5.56 Å². The average Bonchev–Trinajstić information content (AvgIpc) is 2.19. The maximum Gasteiger partial charge on any atom is 0.518 e. The van der Waals surface area contributed by atoms with Crippen molar-refractivity contribution in [3.8, 4) is 0 Å². The molecule has 0 fully saturated rings. The third kappa shape index (κ3) is 2.88. The lowest BCUT2D eigenvalue weighted by Crippen LogP contribution is -2.27. The van der Waals surface area contributed by atoms with E-state index in [0.29, 0.717) is 12.1 Å². The van der Waals surface area contributed by atoms with Gasteiger partial charge in [0.1, 0.15) is 5.82 Å². The summed E-state index contributed by atoms with van der Waals surface area (Å²) in [6.07, 6.45) is 0. The fourth-order valence-corrected chi connectivity index (χ4v) is 1.32. The smallest absolute Gasteiger partial charge is 0.518 e. The molecular weight excluding hydrogens is 280 g/mol. The van der Waals surface area contributed by atoms with Crippen LogP contribution in [0.4, 0.5) is 23.2 Å². The Morgan fingerprint density at radius 2 is 1.89 bits per heavy atom. The van der Waals surface area contributed by atoms with E-state index >= 15 is 0 Å². The predicted molar refractivity (Wildman–Crippen MR) is 52.3 cm³/mol. The van der Waals surface area contributed by atoms with E-state index in [1.165, 1.54) is 0 Å². The first-order valence-electron chi connectivity index (χ1n) is 4.18. The molecular formula is C8H5F4N2O3S-. The zero-order chi connectivity index (χ0) is 14.1. The number of alkyl halides is 3.